The van der Waals surface area contributed by atoms with Gasteiger partial charge in [-0.2, -0.15) is 0 Å². The molecule has 3 fully saturated rings. The fourth-order valence-corrected chi connectivity index (χ4v) is 10.8. The fourth-order valence-electron chi connectivity index (χ4n) is 10.8. The van der Waals surface area contributed by atoms with Crippen LogP contribution in [0.15, 0.2) is 47.6 Å². The number of carbonyl (C=O) groups is 7. The maximum absolute atomic E-state index is 14.5. The molecule has 73 heavy (non-hydrogen) atoms. The van der Waals surface area contributed by atoms with E-state index in [0.29, 0.717) is 69.8 Å². The molecule has 410 valence electrons. The summed E-state index contributed by atoms with van der Waals surface area (Å²) < 4.78 is 40.0. The van der Waals surface area contributed by atoms with Crippen molar-refractivity contribution in [2.75, 3.05) is 35.0 Å². The number of ether oxygens (including phenoxy) is 7. The van der Waals surface area contributed by atoms with Crippen molar-refractivity contribution in [2.24, 2.45) is 35.5 Å². The van der Waals surface area contributed by atoms with Gasteiger partial charge in [-0.25, -0.2) is 4.79 Å². The molecule has 15 atom stereocenters. The van der Waals surface area contributed by atoms with E-state index >= 15 is 0 Å². The number of fused-ring (bicyclic) bond motifs is 3. The molecule has 0 radical (unpaired) electrons. The van der Waals surface area contributed by atoms with Gasteiger partial charge in [-0.05, 0) is 107 Å². The lowest BCUT2D eigenvalue weighted by atomic mass is 9.78. The second kappa shape index (κ2) is 29.1. The van der Waals surface area contributed by atoms with Crippen LogP contribution in [0.5, 0.6) is 0 Å². The van der Waals surface area contributed by atoms with Gasteiger partial charge in [-0.15, -0.1) is 0 Å². The van der Waals surface area contributed by atoms with Crippen LogP contribution < -0.4 is 0 Å². The molecular formula is C56H85NO16. The number of rotatable bonds is 10. The molecule has 3 aliphatic heterocycles. The Morgan fingerprint density at radius 3 is 2.21 bits per heavy atom. The number of carbonyl (C=O) groups excluding carboxylic acids is 7. The molecule has 2 saturated heterocycles. The molecule has 1 amide bonds. The van der Waals surface area contributed by atoms with Crippen molar-refractivity contribution in [3.63, 3.8) is 0 Å². The van der Waals surface area contributed by atoms with Crippen molar-refractivity contribution in [3.8, 4) is 0 Å². The minimum Gasteiger partial charge on any atom is -0.469 e. The third-order valence-electron chi connectivity index (χ3n) is 15.5. The van der Waals surface area contributed by atoms with E-state index in [2.05, 4.69) is 4.74 Å². The van der Waals surface area contributed by atoms with Crippen LogP contribution in [0.25, 0.3) is 0 Å². The van der Waals surface area contributed by atoms with Gasteiger partial charge in [-0.3, -0.25) is 28.8 Å². The van der Waals surface area contributed by atoms with Gasteiger partial charge >= 0.3 is 17.9 Å². The Balaban J connectivity index is 1.68. The molecule has 2 N–H and O–H groups in total. The number of methoxy groups -OCH3 is 4. The number of esters is 3. The third kappa shape index (κ3) is 17.1. The average molecular weight is 1030 g/mol. The Kier molecular flexibility index (Phi) is 24.3. The van der Waals surface area contributed by atoms with Crippen LogP contribution >= 0.6 is 0 Å². The monoisotopic (exact) mass is 1030 g/mol. The minimum absolute atomic E-state index is 0.00335. The Bertz CT molecular complexity index is 2030. The van der Waals surface area contributed by atoms with Crippen molar-refractivity contribution in [1.82, 2.24) is 4.90 Å². The highest BCUT2D eigenvalue weighted by atomic mass is 16.6. The third-order valence-corrected chi connectivity index (χ3v) is 15.5. The zero-order valence-corrected chi connectivity index (χ0v) is 45.2. The summed E-state index contributed by atoms with van der Waals surface area (Å²) in [4.78, 5) is 96.6. The van der Waals surface area contributed by atoms with Crippen LogP contribution in [0.3, 0.4) is 0 Å². The lowest BCUT2D eigenvalue weighted by Crippen LogP contribution is -2.61. The smallest absolute Gasteiger partial charge is 0.329 e. The van der Waals surface area contributed by atoms with Crippen LogP contribution in [0, 0.1) is 35.5 Å². The van der Waals surface area contributed by atoms with E-state index in [4.69, 9.17) is 28.4 Å². The van der Waals surface area contributed by atoms with Gasteiger partial charge in [0.1, 0.15) is 36.2 Å². The number of Topliss-reactive ketones (excluding diaryl/α,β-unsaturated/α-hetero) is 3. The Labute approximate surface area is 432 Å². The molecule has 0 spiro atoms. The molecular weight excluding hydrogens is 943 g/mol. The standard InChI is InChI=1S/C56H85NO16/c1-33-17-13-12-14-18-34(2)45(67-8)31-41-22-20-39(7)56(66,73-41)53(63)54(64)57-26-16-15-19-42(57)55(65)72-46(32-43(58)35(3)28-38(6)51(62)52(70-11)50(61)37(5)27-33)36(4)29-40-21-23-44(47(30-40)68-9)71-49(60)25-24-48(59)69-10/h12-14,17-18,28,33,35-37,39-42,44-47,51-52,62,66H,15-16,19-27,29-32H2,1-11H3/b14-12+,17-13+,34-18+,38-28+/t33-,35?,36?,37-,39-,40+,41+,42+,44-,45+,46+,47-,51-,52+,56-/m1/s1. The predicted molar refractivity (Wildman–Crippen MR) is 270 cm³/mol. The Morgan fingerprint density at radius 1 is 0.822 bits per heavy atom. The van der Waals surface area contributed by atoms with E-state index in [-0.39, 0.29) is 55.6 Å². The zero-order chi connectivity index (χ0) is 54.2. The first kappa shape index (κ1) is 61.2. The molecule has 1 aliphatic carbocycles. The molecule has 4 rings (SSSR count). The van der Waals surface area contributed by atoms with E-state index in [0.717, 1.165) is 5.57 Å². The van der Waals surface area contributed by atoms with Gasteiger partial charge in [0.2, 0.25) is 5.79 Å². The molecule has 2 unspecified atom stereocenters. The van der Waals surface area contributed by atoms with Gasteiger partial charge in [0.05, 0.1) is 38.3 Å². The zero-order valence-electron chi connectivity index (χ0n) is 45.2. The molecule has 0 aromatic rings. The Hall–Kier alpha value is -4.39. The van der Waals surface area contributed by atoms with Gasteiger partial charge in [0.25, 0.3) is 11.7 Å². The SMILES string of the molecule is COC(=O)CCC(=O)O[C@@H]1CC[C@@H](CC(C)[C@@H]2CC(=O)C(C)/C=C(\C)[C@@H](O)[C@@H](OC)C(=O)[C@H](C)C[C@H](C)/C=C/C=C/C=C(\C)[C@@H](OC)C[C@@H]3CC[C@@H](C)[C@@](O)(O3)C(=O)C(=O)N3CCCC[C@H]3C(=O)O2)C[C@H]1OC. The quantitative estimate of drug-likeness (QED) is 0.101. The van der Waals surface area contributed by atoms with Crippen molar-refractivity contribution < 1.29 is 76.9 Å². The second-order valence-electron chi connectivity index (χ2n) is 21.1. The van der Waals surface area contributed by atoms with E-state index < -0.39 is 108 Å². The first-order valence-corrected chi connectivity index (χ1v) is 26.3. The van der Waals surface area contributed by atoms with Gasteiger partial charge < -0.3 is 48.3 Å². The maximum Gasteiger partial charge on any atom is 0.329 e. The lowest BCUT2D eigenvalue weighted by Gasteiger charge is -2.42. The van der Waals surface area contributed by atoms with E-state index in [1.54, 1.807) is 40.9 Å². The number of cyclic esters (lactones) is 1. The average Bonchev–Trinajstić information content (AvgIpc) is 3.37. The van der Waals surface area contributed by atoms with Crippen LogP contribution in [0.2, 0.25) is 0 Å². The Morgan fingerprint density at radius 2 is 1.53 bits per heavy atom. The van der Waals surface area contributed by atoms with E-state index in [1.807, 2.05) is 51.2 Å². The lowest BCUT2D eigenvalue weighted by molar-refractivity contribution is -0.265. The molecule has 3 heterocycles. The molecule has 17 heteroatoms. The fraction of sp³-hybridized carbons (Fsp3) is 0.732. The van der Waals surface area contributed by atoms with Crippen molar-refractivity contribution in [2.45, 2.75) is 193 Å². The van der Waals surface area contributed by atoms with Crippen molar-refractivity contribution in [1.29, 1.82) is 0 Å². The minimum atomic E-state index is -2.46. The maximum atomic E-state index is 14.5. The summed E-state index contributed by atoms with van der Waals surface area (Å²) in [5.74, 6) is -9.56. The molecule has 2 bridgehead atoms. The van der Waals surface area contributed by atoms with Crippen LogP contribution in [0.1, 0.15) is 138 Å². The normalized spacial score (nSPS) is 37.1. The topological polar surface area (TPSA) is 228 Å². The second-order valence-corrected chi connectivity index (χ2v) is 21.1. The molecule has 0 aromatic heterocycles. The summed E-state index contributed by atoms with van der Waals surface area (Å²) in [6, 6.07) is -1.19. The molecule has 17 nitrogen and oxygen atoms in total. The summed E-state index contributed by atoms with van der Waals surface area (Å²) in [7, 11) is 5.71. The number of ketones is 3. The largest absolute Gasteiger partial charge is 0.469 e. The number of amides is 1. The summed E-state index contributed by atoms with van der Waals surface area (Å²) in [6.07, 6.45) is 9.96. The van der Waals surface area contributed by atoms with Crippen LogP contribution in [-0.4, -0.2) is 146 Å². The van der Waals surface area contributed by atoms with E-state index in [1.165, 1.54) is 26.2 Å². The summed E-state index contributed by atoms with van der Waals surface area (Å²) in [5.41, 5.74) is 1.22. The molecule has 0 aromatic carbocycles. The van der Waals surface area contributed by atoms with Gasteiger partial charge in [-0.1, -0.05) is 71.1 Å². The number of piperidine rings is 1. The number of nitrogens with zero attached hydrogens (tertiary/aromatic N) is 1. The van der Waals surface area contributed by atoms with Gasteiger partial charge in [0, 0.05) is 58.5 Å². The van der Waals surface area contributed by atoms with Gasteiger partial charge in [0.15, 0.2) is 5.78 Å². The number of aliphatic hydroxyl groups excluding tert-OH is 1. The first-order valence-electron chi connectivity index (χ1n) is 26.3. The first-order chi connectivity index (χ1) is 34.6. The molecule has 1 saturated carbocycles. The number of hydrogen-bond donors (Lipinski definition) is 2. The predicted octanol–water partition coefficient (Wildman–Crippen LogP) is 6.68. The van der Waals surface area contributed by atoms with Crippen molar-refractivity contribution >= 4 is 41.2 Å². The van der Waals surface area contributed by atoms with Crippen LogP contribution in [-0.2, 0) is 66.7 Å². The summed E-state index contributed by atoms with van der Waals surface area (Å²) in [5, 5.41) is 23.5. The van der Waals surface area contributed by atoms with Crippen molar-refractivity contribution in [3.05, 3.63) is 47.6 Å². The molecule has 4 aliphatic rings. The number of hydrogen-bond acceptors (Lipinski definition) is 16. The number of aliphatic hydroxyl groups is 2. The highest BCUT2D eigenvalue weighted by Gasteiger charge is 2.53. The summed E-state index contributed by atoms with van der Waals surface area (Å²) in [6.45, 7) is 12.6. The highest BCUT2D eigenvalue weighted by Crippen LogP contribution is 2.38. The van der Waals surface area contributed by atoms with E-state index in [9.17, 15) is 43.8 Å². The summed E-state index contributed by atoms with van der Waals surface area (Å²) >= 11 is 0. The number of allylic oxidation sites excluding steroid dienone is 6. The highest BCUT2D eigenvalue weighted by molar-refractivity contribution is 6.39. The van der Waals surface area contributed by atoms with Crippen LogP contribution in [0.4, 0.5) is 0 Å².